The summed E-state index contributed by atoms with van der Waals surface area (Å²) in [6.45, 7) is 11.5. The van der Waals surface area contributed by atoms with Crippen LogP contribution in [0.1, 0.15) is 52.9 Å². The van der Waals surface area contributed by atoms with Gasteiger partial charge in [-0.15, -0.1) is 0 Å². The van der Waals surface area contributed by atoms with Gasteiger partial charge < -0.3 is 9.80 Å². The van der Waals surface area contributed by atoms with E-state index < -0.39 is 0 Å². The molecular formula is C15H30N2O. The molecule has 3 heteroatoms. The lowest BCUT2D eigenvalue weighted by Crippen LogP contribution is -2.37. The summed E-state index contributed by atoms with van der Waals surface area (Å²) in [4.78, 5) is 16.5. The number of nitrogens with zero attached hydrogens (tertiary/aromatic N) is 2. The number of hydrogen-bond donors (Lipinski definition) is 0. The predicted octanol–water partition coefficient (Wildman–Crippen LogP) is 2.76. The molecule has 1 rings (SSSR count). The minimum absolute atomic E-state index is 0.140. The van der Waals surface area contributed by atoms with Crippen LogP contribution in [0.2, 0.25) is 0 Å². The fourth-order valence-corrected chi connectivity index (χ4v) is 2.54. The average molecular weight is 254 g/mol. The molecule has 0 aromatic heterocycles. The smallest absolute Gasteiger partial charge is 0.225 e. The summed E-state index contributed by atoms with van der Waals surface area (Å²) in [6, 6.07) is 0. The Labute approximate surface area is 113 Å². The highest BCUT2D eigenvalue weighted by atomic mass is 16.2. The van der Waals surface area contributed by atoms with Crippen LogP contribution in [0, 0.1) is 5.92 Å². The molecule has 0 bridgehead atoms. The molecule has 1 fully saturated rings. The molecule has 106 valence electrons. The second-order valence-corrected chi connectivity index (χ2v) is 5.74. The van der Waals surface area contributed by atoms with E-state index in [0.29, 0.717) is 5.91 Å². The van der Waals surface area contributed by atoms with Gasteiger partial charge in [0.25, 0.3) is 0 Å². The standard InChI is InChI=1S/C15H30N2O/c1-4-5-6-7-9-16-10-8-11-17(13-12-16)15(18)14(2)3/h14H,4-13H2,1-3H3. The van der Waals surface area contributed by atoms with Crippen LogP contribution < -0.4 is 0 Å². The summed E-state index contributed by atoms with van der Waals surface area (Å²) in [5, 5.41) is 0. The fourth-order valence-electron chi connectivity index (χ4n) is 2.54. The van der Waals surface area contributed by atoms with E-state index in [-0.39, 0.29) is 5.92 Å². The lowest BCUT2D eigenvalue weighted by atomic mass is 10.2. The van der Waals surface area contributed by atoms with Crippen LogP contribution in [0.25, 0.3) is 0 Å². The highest BCUT2D eigenvalue weighted by molar-refractivity contribution is 5.78. The normalized spacial score (nSPS) is 18.1. The van der Waals surface area contributed by atoms with Crippen LogP contribution in [0.4, 0.5) is 0 Å². The van der Waals surface area contributed by atoms with Crippen molar-refractivity contribution in [3.8, 4) is 0 Å². The minimum atomic E-state index is 0.140. The Morgan fingerprint density at radius 3 is 2.50 bits per heavy atom. The van der Waals surface area contributed by atoms with Gasteiger partial charge in [-0.3, -0.25) is 4.79 Å². The van der Waals surface area contributed by atoms with Crippen molar-refractivity contribution in [2.45, 2.75) is 52.9 Å². The highest BCUT2D eigenvalue weighted by Gasteiger charge is 2.20. The first-order valence-electron chi connectivity index (χ1n) is 7.66. The summed E-state index contributed by atoms with van der Waals surface area (Å²) in [6.07, 6.45) is 6.45. The summed E-state index contributed by atoms with van der Waals surface area (Å²) in [5.41, 5.74) is 0. The Morgan fingerprint density at radius 1 is 1.06 bits per heavy atom. The molecule has 1 aliphatic rings. The van der Waals surface area contributed by atoms with Crippen molar-refractivity contribution in [3.63, 3.8) is 0 Å². The van der Waals surface area contributed by atoms with E-state index in [9.17, 15) is 4.79 Å². The van der Waals surface area contributed by atoms with Crippen LogP contribution in [0.5, 0.6) is 0 Å². The molecule has 0 radical (unpaired) electrons. The van der Waals surface area contributed by atoms with Crippen LogP contribution >= 0.6 is 0 Å². The van der Waals surface area contributed by atoms with Crippen molar-refractivity contribution in [1.29, 1.82) is 0 Å². The average Bonchev–Trinajstić information content (AvgIpc) is 2.59. The van der Waals surface area contributed by atoms with E-state index in [2.05, 4.69) is 16.7 Å². The molecule has 0 saturated carbocycles. The van der Waals surface area contributed by atoms with E-state index in [1.54, 1.807) is 0 Å². The van der Waals surface area contributed by atoms with E-state index in [4.69, 9.17) is 0 Å². The molecule has 1 saturated heterocycles. The van der Waals surface area contributed by atoms with Gasteiger partial charge in [-0.05, 0) is 25.9 Å². The second kappa shape index (κ2) is 8.52. The molecule has 1 aliphatic heterocycles. The Kier molecular flexibility index (Phi) is 7.33. The maximum Gasteiger partial charge on any atom is 0.225 e. The first kappa shape index (κ1) is 15.5. The number of hydrogen-bond acceptors (Lipinski definition) is 2. The first-order valence-corrected chi connectivity index (χ1v) is 7.66. The quantitative estimate of drug-likeness (QED) is 0.681. The van der Waals surface area contributed by atoms with Gasteiger partial charge in [0.1, 0.15) is 0 Å². The molecule has 0 aromatic rings. The van der Waals surface area contributed by atoms with E-state index in [0.717, 1.165) is 32.6 Å². The van der Waals surface area contributed by atoms with Crippen LogP contribution in [0.3, 0.4) is 0 Å². The molecule has 0 N–H and O–H groups in total. The van der Waals surface area contributed by atoms with Gasteiger partial charge in [-0.1, -0.05) is 40.0 Å². The third-order valence-electron chi connectivity index (χ3n) is 3.72. The molecule has 0 aliphatic carbocycles. The third-order valence-corrected chi connectivity index (χ3v) is 3.72. The molecule has 3 nitrogen and oxygen atoms in total. The van der Waals surface area contributed by atoms with Crippen molar-refractivity contribution < 1.29 is 4.79 Å². The topological polar surface area (TPSA) is 23.6 Å². The number of carbonyl (C=O) groups is 1. The van der Waals surface area contributed by atoms with E-state index in [1.807, 2.05) is 13.8 Å². The van der Waals surface area contributed by atoms with Crippen molar-refractivity contribution in [2.24, 2.45) is 5.92 Å². The highest BCUT2D eigenvalue weighted by Crippen LogP contribution is 2.09. The molecule has 1 heterocycles. The maximum atomic E-state index is 12.0. The van der Waals surface area contributed by atoms with Crippen molar-refractivity contribution >= 4 is 5.91 Å². The van der Waals surface area contributed by atoms with Gasteiger partial charge in [0, 0.05) is 25.6 Å². The van der Waals surface area contributed by atoms with Crippen molar-refractivity contribution in [1.82, 2.24) is 9.80 Å². The Hall–Kier alpha value is -0.570. The first-order chi connectivity index (χ1) is 8.65. The molecule has 1 amide bonds. The SMILES string of the molecule is CCCCCCN1CCCN(C(=O)C(C)C)CC1. The van der Waals surface area contributed by atoms with E-state index in [1.165, 1.54) is 32.2 Å². The third kappa shape index (κ3) is 5.38. The second-order valence-electron chi connectivity index (χ2n) is 5.74. The van der Waals surface area contributed by atoms with Crippen LogP contribution in [0.15, 0.2) is 0 Å². The largest absolute Gasteiger partial charge is 0.341 e. The van der Waals surface area contributed by atoms with Gasteiger partial charge in [0.05, 0.1) is 0 Å². The molecule has 0 spiro atoms. The lowest BCUT2D eigenvalue weighted by molar-refractivity contribution is -0.134. The van der Waals surface area contributed by atoms with Gasteiger partial charge in [-0.2, -0.15) is 0 Å². The molecule has 0 aromatic carbocycles. The number of carbonyl (C=O) groups excluding carboxylic acids is 1. The van der Waals surface area contributed by atoms with Crippen LogP contribution in [-0.2, 0) is 4.79 Å². The predicted molar refractivity (Wildman–Crippen MR) is 76.6 cm³/mol. The van der Waals surface area contributed by atoms with Gasteiger partial charge in [-0.25, -0.2) is 0 Å². The number of rotatable bonds is 6. The Bertz CT molecular complexity index is 241. The zero-order valence-corrected chi connectivity index (χ0v) is 12.5. The zero-order chi connectivity index (χ0) is 13.4. The Balaban J connectivity index is 2.26. The van der Waals surface area contributed by atoms with Gasteiger partial charge in [0.15, 0.2) is 0 Å². The monoisotopic (exact) mass is 254 g/mol. The molecule has 18 heavy (non-hydrogen) atoms. The van der Waals surface area contributed by atoms with Gasteiger partial charge in [0.2, 0.25) is 5.91 Å². The Morgan fingerprint density at radius 2 is 1.83 bits per heavy atom. The summed E-state index contributed by atoms with van der Waals surface area (Å²) in [7, 11) is 0. The molecule has 0 atom stereocenters. The molecular weight excluding hydrogens is 224 g/mol. The maximum absolute atomic E-state index is 12.0. The zero-order valence-electron chi connectivity index (χ0n) is 12.5. The summed E-state index contributed by atoms with van der Waals surface area (Å²) < 4.78 is 0. The number of unbranched alkanes of at least 4 members (excludes halogenated alkanes) is 3. The lowest BCUT2D eigenvalue weighted by Gasteiger charge is -2.23. The minimum Gasteiger partial charge on any atom is -0.341 e. The fraction of sp³-hybridized carbons (Fsp3) is 0.933. The van der Waals surface area contributed by atoms with E-state index >= 15 is 0 Å². The summed E-state index contributed by atoms with van der Waals surface area (Å²) in [5.74, 6) is 0.462. The van der Waals surface area contributed by atoms with Crippen molar-refractivity contribution in [2.75, 3.05) is 32.7 Å². The summed E-state index contributed by atoms with van der Waals surface area (Å²) >= 11 is 0. The van der Waals surface area contributed by atoms with Crippen LogP contribution in [-0.4, -0.2) is 48.4 Å². The van der Waals surface area contributed by atoms with Crippen molar-refractivity contribution in [3.05, 3.63) is 0 Å². The molecule has 0 unspecified atom stereocenters. The number of amides is 1. The van der Waals surface area contributed by atoms with Gasteiger partial charge >= 0.3 is 0 Å².